The highest BCUT2D eigenvalue weighted by molar-refractivity contribution is 7.16. The van der Waals surface area contributed by atoms with Crippen LogP contribution in [-0.4, -0.2) is 36.4 Å². The zero-order valence-corrected chi connectivity index (χ0v) is 17.1. The first-order valence-electron chi connectivity index (χ1n) is 8.97. The van der Waals surface area contributed by atoms with Crippen molar-refractivity contribution in [1.82, 2.24) is 4.98 Å². The summed E-state index contributed by atoms with van der Waals surface area (Å²) in [6.07, 6.45) is -0.196. The number of aromatic nitrogens is 1. The van der Waals surface area contributed by atoms with Gasteiger partial charge in [0.1, 0.15) is 0 Å². The first-order valence-corrected chi connectivity index (χ1v) is 9.78. The monoisotopic (exact) mass is 441 g/mol. The summed E-state index contributed by atoms with van der Waals surface area (Å²) in [5.41, 5.74) is -0.0646. The van der Waals surface area contributed by atoms with Crippen molar-refractivity contribution in [2.45, 2.75) is 26.2 Å². The Labute approximate surface area is 173 Å². The molecule has 0 spiro atoms. The van der Waals surface area contributed by atoms with Crippen LogP contribution in [0.4, 0.5) is 24.0 Å². The Morgan fingerprint density at radius 3 is 2.47 bits per heavy atom. The third-order valence-corrected chi connectivity index (χ3v) is 5.83. The molecule has 0 aliphatic carbocycles. The molecule has 0 bridgehead atoms. The van der Waals surface area contributed by atoms with E-state index >= 15 is 0 Å². The second-order valence-corrected chi connectivity index (χ2v) is 8.03. The minimum Gasteiger partial charge on any atom is -0.464 e. The number of benzene rings is 1. The predicted octanol–water partition coefficient (Wildman–Crippen LogP) is 3.46. The minimum atomic E-state index is -1.63. The summed E-state index contributed by atoms with van der Waals surface area (Å²) in [4.78, 5) is 42.5. The van der Waals surface area contributed by atoms with E-state index < -0.39 is 41.2 Å². The number of thiazole rings is 1. The summed E-state index contributed by atoms with van der Waals surface area (Å²) < 4.78 is 44.8. The first kappa shape index (κ1) is 21.8. The zero-order chi connectivity index (χ0) is 22.2. The van der Waals surface area contributed by atoms with E-state index in [-0.39, 0.29) is 35.4 Å². The van der Waals surface area contributed by atoms with Crippen LogP contribution in [0.3, 0.4) is 0 Å². The number of carbonyl (C=O) groups is 3. The molecule has 0 saturated carbocycles. The smallest absolute Gasteiger partial charge is 0.357 e. The molecule has 1 atom stereocenters. The van der Waals surface area contributed by atoms with Gasteiger partial charge < -0.3 is 15.0 Å². The number of carbonyl (C=O) groups excluding carboxylic acids is 3. The van der Waals surface area contributed by atoms with E-state index in [1.54, 1.807) is 0 Å². The van der Waals surface area contributed by atoms with Gasteiger partial charge in [0, 0.05) is 35.7 Å². The Bertz CT molecular complexity index is 1000. The van der Waals surface area contributed by atoms with Gasteiger partial charge in [0.05, 0.1) is 13.0 Å². The lowest BCUT2D eigenvalue weighted by Gasteiger charge is -2.17. The normalized spacial score (nSPS) is 16.3. The Hall–Kier alpha value is -2.95. The van der Waals surface area contributed by atoms with E-state index in [2.05, 4.69) is 10.3 Å². The van der Waals surface area contributed by atoms with Crippen molar-refractivity contribution in [2.24, 2.45) is 5.92 Å². The van der Waals surface area contributed by atoms with Crippen LogP contribution in [0.15, 0.2) is 12.1 Å². The van der Waals surface area contributed by atoms with Gasteiger partial charge in [-0.2, -0.15) is 0 Å². The summed E-state index contributed by atoms with van der Waals surface area (Å²) >= 11 is 1.12. The number of esters is 1. The van der Waals surface area contributed by atoms with Gasteiger partial charge in [-0.15, -0.1) is 11.3 Å². The second-order valence-electron chi connectivity index (χ2n) is 7.00. The number of amides is 2. The highest BCUT2D eigenvalue weighted by atomic mass is 32.1. The van der Waals surface area contributed by atoms with Crippen LogP contribution in [0.5, 0.6) is 0 Å². The van der Waals surface area contributed by atoms with E-state index in [1.165, 1.54) is 7.11 Å². The maximum absolute atomic E-state index is 13.5. The fourth-order valence-corrected chi connectivity index (χ4v) is 4.02. The quantitative estimate of drug-likeness (QED) is 0.567. The lowest BCUT2D eigenvalue weighted by molar-refractivity contribution is -0.122. The van der Waals surface area contributed by atoms with E-state index in [0.29, 0.717) is 17.0 Å². The average molecular weight is 441 g/mol. The van der Waals surface area contributed by atoms with Crippen molar-refractivity contribution in [3.8, 4) is 0 Å². The van der Waals surface area contributed by atoms with Crippen LogP contribution < -0.4 is 10.2 Å². The number of rotatable bonds is 5. The molecule has 1 fully saturated rings. The fraction of sp³-hybridized carbons (Fsp3) is 0.368. The van der Waals surface area contributed by atoms with Crippen LogP contribution in [-0.2, 0) is 14.3 Å². The van der Waals surface area contributed by atoms with E-state index in [1.807, 2.05) is 13.8 Å². The molecule has 1 aromatic carbocycles. The van der Waals surface area contributed by atoms with E-state index in [9.17, 15) is 27.6 Å². The van der Waals surface area contributed by atoms with Crippen molar-refractivity contribution in [3.63, 3.8) is 0 Å². The molecule has 7 nitrogen and oxygen atoms in total. The SMILES string of the molecule is COC(=O)c1nc(NC(=O)C2CC(=O)N(c3cc(F)c(F)c(F)c3)C2)sc1C(C)C. The highest BCUT2D eigenvalue weighted by Crippen LogP contribution is 2.32. The molecular weight excluding hydrogens is 423 g/mol. The van der Waals surface area contributed by atoms with E-state index in [4.69, 9.17) is 4.74 Å². The maximum atomic E-state index is 13.5. The number of methoxy groups -OCH3 is 1. The molecule has 2 amide bonds. The van der Waals surface area contributed by atoms with Crippen LogP contribution in [0.1, 0.15) is 41.6 Å². The molecule has 0 radical (unpaired) electrons. The van der Waals surface area contributed by atoms with Gasteiger partial charge in [0.25, 0.3) is 0 Å². The first-order chi connectivity index (χ1) is 14.1. The molecule has 1 unspecified atom stereocenters. The number of anilines is 2. The van der Waals surface area contributed by atoms with Gasteiger partial charge in [-0.05, 0) is 5.92 Å². The summed E-state index contributed by atoms with van der Waals surface area (Å²) in [5.74, 6) is -7.03. The number of nitrogens with zero attached hydrogens (tertiary/aromatic N) is 2. The third-order valence-electron chi connectivity index (χ3n) is 4.56. The predicted molar refractivity (Wildman–Crippen MR) is 103 cm³/mol. The number of nitrogens with one attached hydrogen (secondary N) is 1. The fourth-order valence-electron chi connectivity index (χ4n) is 3.06. The van der Waals surface area contributed by atoms with Crippen molar-refractivity contribution in [1.29, 1.82) is 0 Å². The maximum Gasteiger partial charge on any atom is 0.357 e. The van der Waals surface area contributed by atoms with Crippen molar-refractivity contribution < 1.29 is 32.3 Å². The lowest BCUT2D eigenvalue weighted by Crippen LogP contribution is -2.28. The summed E-state index contributed by atoms with van der Waals surface area (Å²) in [6.45, 7) is 3.58. The molecule has 1 N–H and O–H groups in total. The Balaban J connectivity index is 1.76. The molecule has 1 aliphatic heterocycles. The molecule has 160 valence electrons. The van der Waals surface area contributed by atoms with Crippen LogP contribution in [0.2, 0.25) is 0 Å². The summed E-state index contributed by atoms with van der Waals surface area (Å²) in [6, 6.07) is 1.41. The van der Waals surface area contributed by atoms with Crippen molar-refractivity contribution in [2.75, 3.05) is 23.9 Å². The van der Waals surface area contributed by atoms with Crippen molar-refractivity contribution >= 4 is 39.9 Å². The van der Waals surface area contributed by atoms with Gasteiger partial charge in [0.15, 0.2) is 28.3 Å². The van der Waals surface area contributed by atoms with Gasteiger partial charge in [-0.3, -0.25) is 9.59 Å². The second kappa shape index (κ2) is 8.42. The van der Waals surface area contributed by atoms with Gasteiger partial charge in [-0.1, -0.05) is 13.8 Å². The van der Waals surface area contributed by atoms with Crippen LogP contribution >= 0.6 is 11.3 Å². The topological polar surface area (TPSA) is 88.6 Å². The van der Waals surface area contributed by atoms with Gasteiger partial charge >= 0.3 is 5.97 Å². The van der Waals surface area contributed by atoms with E-state index in [0.717, 1.165) is 16.2 Å². The lowest BCUT2D eigenvalue weighted by atomic mass is 10.1. The molecule has 2 heterocycles. The molecule has 1 aromatic heterocycles. The molecule has 1 saturated heterocycles. The Morgan fingerprint density at radius 2 is 1.90 bits per heavy atom. The Morgan fingerprint density at radius 1 is 1.27 bits per heavy atom. The highest BCUT2D eigenvalue weighted by Gasteiger charge is 2.36. The molecule has 3 rings (SSSR count). The summed E-state index contributed by atoms with van der Waals surface area (Å²) in [7, 11) is 1.23. The number of hydrogen-bond donors (Lipinski definition) is 1. The van der Waals surface area contributed by atoms with Crippen molar-refractivity contribution in [3.05, 3.63) is 40.2 Å². The average Bonchev–Trinajstić information content (AvgIpc) is 3.29. The largest absolute Gasteiger partial charge is 0.464 e. The molecular formula is C19H18F3N3O4S. The van der Waals surface area contributed by atoms with Crippen LogP contribution in [0, 0.1) is 23.4 Å². The Kier molecular flexibility index (Phi) is 6.11. The molecule has 30 heavy (non-hydrogen) atoms. The number of halogens is 3. The van der Waals surface area contributed by atoms with Gasteiger partial charge in [0.2, 0.25) is 11.8 Å². The molecule has 1 aliphatic rings. The minimum absolute atomic E-state index is 0.0333. The molecule has 11 heteroatoms. The summed E-state index contributed by atoms with van der Waals surface area (Å²) in [5, 5.41) is 2.75. The number of ether oxygens (including phenoxy) is 1. The van der Waals surface area contributed by atoms with Crippen LogP contribution in [0.25, 0.3) is 0 Å². The zero-order valence-electron chi connectivity index (χ0n) is 16.3. The third kappa shape index (κ3) is 4.16. The standard InChI is InChI=1S/C19H18F3N3O4S/c1-8(2)16-15(18(28)29-3)23-19(30-16)24-17(27)9-4-13(26)25(7-9)10-5-11(20)14(22)12(21)6-10/h5-6,8-9H,4,7H2,1-3H3,(H,23,24,27). The molecule has 2 aromatic rings. The number of hydrogen-bond acceptors (Lipinski definition) is 6. The van der Waals surface area contributed by atoms with Gasteiger partial charge in [-0.25, -0.2) is 22.9 Å².